The van der Waals surface area contributed by atoms with Crippen LogP contribution in [0.1, 0.15) is 23.4 Å². The second-order valence-corrected chi connectivity index (χ2v) is 7.49. The van der Waals surface area contributed by atoms with E-state index in [2.05, 4.69) is 35.3 Å². The van der Waals surface area contributed by atoms with E-state index in [1.807, 2.05) is 17.5 Å². The van der Waals surface area contributed by atoms with Crippen LogP contribution in [0.3, 0.4) is 0 Å². The summed E-state index contributed by atoms with van der Waals surface area (Å²) >= 11 is 1.65. The molecular weight excluding hydrogens is 380 g/mol. The highest BCUT2D eigenvalue weighted by Crippen LogP contribution is 2.22. The predicted molar refractivity (Wildman–Crippen MR) is 103 cm³/mol. The van der Waals surface area contributed by atoms with Crippen molar-refractivity contribution in [2.24, 2.45) is 4.99 Å². The Labute approximate surface area is 161 Å². The first-order valence-electron chi connectivity index (χ1n) is 8.74. The molecule has 1 aliphatic rings. The molecule has 28 heavy (non-hydrogen) atoms. The van der Waals surface area contributed by atoms with Crippen molar-refractivity contribution >= 4 is 29.0 Å². The number of anilines is 1. The van der Waals surface area contributed by atoms with Crippen molar-refractivity contribution in [3.05, 3.63) is 55.6 Å². The van der Waals surface area contributed by atoms with Crippen LogP contribution in [0.25, 0.3) is 11.7 Å². The molecule has 1 aliphatic carbocycles. The molecule has 0 atom stereocenters. The fraction of sp³-hybridized carbons (Fsp3) is 0.235. The van der Waals surface area contributed by atoms with Gasteiger partial charge < -0.3 is 15.4 Å². The molecule has 1 saturated carbocycles. The van der Waals surface area contributed by atoms with E-state index in [0.717, 1.165) is 12.8 Å². The van der Waals surface area contributed by atoms with Crippen molar-refractivity contribution in [2.45, 2.75) is 25.4 Å². The number of imidazole rings is 1. The standard InChI is InChI=1S/C17H16N8O2S/c26-14-12(21-17(27)23-14)6-9-7-19-25-13(9)22-15(18-8-11-2-1-5-28-11)24-16(25)20-10-3-4-10/h1-2,5-7,10,26H,3-4,8H2,(H,18,20,24)(H2,21,23,27)/b9-6+. The normalized spacial score (nSPS) is 15.6. The van der Waals surface area contributed by atoms with Gasteiger partial charge in [-0.1, -0.05) is 6.07 Å². The molecule has 142 valence electrons. The Balaban J connectivity index is 1.63. The summed E-state index contributed by atoms with van der Waals surface area (Å²) in [5.74, 6) is 0.208. The van der Waals surface area contributed by atoms with E-state index in [1.54, 1.807) is 28.1 Å². The molecule has 5 rings (SSSR count). The molecule has 0 unspecified atom stereocenters. The van der Waals surface area contributed by atoms with Gasteiger partial charge in [0.15, 0.2) is 5.65 Å². The average molecular weight is 396 g/mol. The number of fused-ring (bicyclic) bond motifs is 1. The van der Waals surface area contributed by atoms with Gasteiger partial charge in [-0.15, -0.1) is 11.3 Å². The average Bonchev–Trinajstić information content (AvgIpc) is 3.05. The first-order chi connectivity index (χ1) is 13.7. The molecule has 0 radical (unpaired) electrons. The topological polar surface area (TPSA) is 136 Å². The zero-order chi connectivity index (χ0) is 19.1. The molecule has 4 N–H and O–H groups in total. The van der Waals surface area contributed by atoms with Gasteiger partial charge in [-0.2, -0.15) is 19.6 Å². The Morgan fingerprint density at radius 3 is 3.00 bits per heavy atom. The first-order valence-corrected chi connectivity index (χ1v) is 9.62. The summed E-state index contributed by atoms with van der Waals surface area (Å²) in [6.07, 6.45) is 5.29. The fourth-order valence-electron chi connectivity index (χ4n) is 2.74. The van der Waals surface area contributed by atoms with Crippen LogP contribution in [0.15, 0.2) is 33.5 Å². The number of H-pyrrole nitrogens is 2. The summed E-state index contributed by atoms with van der Waals surface area (Å²) in [4.78, 5) is 31.1. The van der Waals surface area contributed by atoms with Crippen molar-refractivity contribution < 1.29 is 5.11 Å². The lowest BCUT2D eigenvalue weighted by atomic mass is 10.3. The Bertz CT molecular complexity index is 1310. The summed E-state index contributed by atoms with van der Waals surface area (Å²) in [7, 11) is 0. The van der Waals surface area contributed by atoms with E-state index in [1.165, 1.54) is 4.88 Å². The minimum atomic E-state index is -0.488. The number of aromatic nitrogens is 6. The number of nitrogens with zero attached hydrogens (tertiary/aromatic N) is 5. The number of nitrogens with one attached hydrogen (secondary N) is 3. The lowest BCUT2D eigenvalue weighted by molar-refractivity contribution is 0.454. The second kappa shape index (κ2) is 6.60. The van der Waals surface area contributed by atoms with Crippen LogP contribution in [0, 0.1) is 0 Å². The van der Waals surface area contributed by atoms with Gasteiger partial charge in [-0.25, -0.2) is 9.79 Å². The van der Waals surface area contributed by atoms with Gasteiger partial charge in [-0.05, 0) is 30.4 Å². The smallest absolute Gasteiger partial charge is 0.326 e. The largest absolute Gasteiger partial charge is 0.493 e. The van der Waals surface area contributed by atoms with E-state index in [-0.39, 0.29) is 17.6 Å². The zero-order valence-electron chi connectivity index (χ0n) is 14.6. The van der Waals surface area contributed by atoms with Crippen LogP contribution in [-0.2, 0) is 6.54 Å². The maximum absolute atomic E-state index is 11.4. The number of rotatable bonds is 5. The molecule has 4 aromatic heterocycles. The molecule has 0 spiro atoms. The molecule has 0 bridgehead atoms. The van der Waals surface area contributed by atoms with Gasteiger partial charge >= 0.3 is 5.69 Å². The van der Waals surface area contributed by atoms with Gasteiger partial charge in [0, 0.05) is 10.1 Å². The second-order valence-electron chi connectivity index (χ2n) is 6.46. The Hall–Kier alpha value is -3.47. The minimum absolute atomic E-state index is 0.239. The predicted octanol–water partition coefficient (Wildman–Crippen LogP) is 0.131. The molecule has 4 heterocycles. The van der Waals surface area contributed by atoms with Crippen LogP contribution in [0.4, 0.5) is 5.95 Å². The van der Waals surface area contributed by atoms with Gasteiger partial charge in [0.1, 0.15) is 5.69 Å². The van der Waals surface area contributed by atoms with Crippen molar-refractivity contribution in [3.8, 4) is 5.88 Å². The number of thiophene rings is 1. The number of hydrogen-bond donors (Lipinski definition) is 4. The molecule has 10 nitrogen and oxygen atoms in total. The highest BCUT2D eigenvalue weighted by Gasteiger charge is 2.21. The maximum Gasteiger partial charge on any atom is 0.326 e. The summed E-state index contributed by atoms with van der Waals surface area (Å²) in [5.41, 5.74) is 0.780. The monoisotopic (exact) mass is 396 g/mol. The molecule has 0 amide bonds. The number of hydrogen-bond acceptors (Lipinski definition) is 8. The third-order valence-corrected chi connectivity index (χ3v) is 5.14. The summed E-state index contributed by atoms with van der Waals surface area (Å²) < 4.78 is 1.57. The minimum Gasteiger partial charge on any atom is -0.493 e. The van der Waals surface area contributed by atoms with Crippen molar-refractivity contribution in [3.63, 3.8) is 0 Å². The molecular formula is C17H16N8O2S. The first kappa shape index (κ1) is 16.7. The molecule has 0 aromatic carbocycles. The van der Waals surface area contributed by atoms with E-state index in [9.17, 15) is 9.90 Å². The SMILES string of the molecule is O=c1[nH]c(O)c(/C=c2\cnn3c(=NC4CC4)nc(NCc4cccs4)nc23)[nH]1. The summed E-state index contributed by atoms with van der Waals surface area (Å²) in [6.45, 7) is 0.607. The van der Waals surface area contributed by atoms with Crippen LogP contribution in [0.2, 0.25) is 0 Å². The van der Waals surface area contributed by atoms with E-state index < -0.39 is 5.69 Å². The third-order valence-electron chi connectivity index (χ3n) is 4.26. The highest BCUT2D eigenvalue weighted by molar-refractivity contribution is 7.09. The Morgan fingerprint density at radius 1 is 1.39 bits per heavy atom. The van der Waals surface area contributed by atoms with Crippen molar-refractivity contribution in [1.82, 2.24) is 29.5 Å². The van der Waals surface area contributed by atoms with Crippen LogP contribution in [0.5, 0.6) is 5.88 Å². The summed E-state index contributed by atoms with van der Waals surface area (Å²) in [5, 5.41) is 20.0. The fourth-order valence-corrected chi connectivity index (χ4v) is 3.38. The molecule has 4 aromatic rings. The van der Waals surface area contributed by atoms with Crippen molar-refractivity contribution in [1.29, 1.82) is 0 Å². The molecule has 11 heteroatoms. The molecule has 0 aliphatic heterocycles. The molecule has 1 fully saturated rings. The summed E-state index contributed by atoms with van der Waals surface area (Å²) in [6, 6.07) is 4.30. The van der Waals surface area contributed by atoms with Crippen LogP contribution in [-0.4, -0.2) is 40.7 Å². The lowest BCUT2D eigenvalue weighted by Crippen LogP contribution is -2.24. The molecule has 0 saturated heterocycles. The zero-order valence-corrected chi connectivity index (χ0v) is 15.4. The van der Waals surface area contributed by atoms with E-state index in [0.29, 0.717) is 29.0 Å². The van der Waals surface area contributed by atoms with Crippen molar-refractivity contribution in [2.75, 3.05) is 5.32 Å². The Morgan fingerprint density at radius 2 is 2.29 bits per heavy atom. The number of aromatic amines is 2. The van der Waals surface area contributed by atoms with Crippen LogP contribution >= 0.6 is 11.3 Å². The maximum atomic E-state index is 11.4. The van der Waals surface area contributed by atoms with Gasteiger partial charge in [0.2, 0.25) is 11.8 Å². The number of aromatic hydroxyl groups is 1. The van der Waals surface area contributed by atoms with Gasteiger partial charge in [0.05, 0.1) is 18.8 Å². The highest BCUT2D eigenvalue weighted by atomic mass is 32.1. The van der Waals surface area contributed by atoms with Crippen LogP contribution < -0.4 is 21.8 Å². The van der Waals surface area contributed by atoms with E-state index >= 15 is 0 Å². The Kier molecular flexibility index (Phi) is 3.93. The quantitative estimate of drug-likeness (QED) is 0.379. The third kappa shape index (κ3) is 3.27. The van der Waals surface area contributed by atoms with Gasteiger partial charge in [-0.3, -0.25) is 4.98 Å². The van der Waals surface area contributed by atoms with E-state index in [4.69, 9.17) is 0 Å². The van der Waals surface area contributed by atoms with Gasteiger partial charge in [0.25, 0.3) is 5.62 Å². The lowest BCUT2D eigenvalue weighted by Gasteiger charge is -2.03.